The zero-order chi connectivity index (χ0) is 73.8. The van der Waals surface area contributed by atoms with Crippen LogP contribution in [0.25, 0.3) is 0 Å². The van der Waals surface area contributed by atoms with Crippen molar-refractivity contribution in [1.29, 1.82) is 0 Å². The third kappa shape index (κ3) is 17.9. The molecule has 1 fully saturated rings. The molecule has 0 saturated heterocycles. The third-order valence-corrected chi connectivity index (χ3v) is 16.2. The number of hydrogen-bond acceptors (Lipinski definition) is 16. The molecule has 3 aliphatic heterocycles. The van der Waals surface area contributed by atoms with Crippen LogP contribution in [0.5, 0.6) is 23.0 Å². The number of phenols is 1. The molecule has 8 rings (SSSR count). The van der Waals surface area contributed by atoms with Gasteiger partial charge in [-0.05, 0) is 124 Å². The molecular formula is C67H79F12N3O16. The van der Waals surface area contributed by atoms with E-state index in [9.17, 15) is 81.9 Å². The molecule has 4 aromatic rings. The Hall–Kier alpha value is -8.35. The number of halogens is 12. The molecule has 0 unspecified atom stereocenters. The van der Waals surface area contributed by atoms with Crippen LogP contribution in [0.1, 0.15) is 208 Å². The number of hydrogen-bond donors (Lipinski definition) is 1. The highest BCUT2D eigenvalue weighted by atomic mass is 19.3. The molecule has 542 valence electrons. The van der Waals surface area contributed by atoms with Gasteiger partial charge in [0.2, 0.25) is 0 Å². The Bertz CT molecular complexity index is 3580. The van der Waals surface area contributed by atoms with Crippen LogP contribution in [-0.4, -0.2) is 142 Å². The Labute approximate surface area is 557 Å². The molecule has 19 nitrogen and oxygen atoms in total. The van der Waals surface area contributed by atoms with Gasteiger partial charge < -0.3 is 57.7 Å². The molecule has 4 aliphatic rings. The lowest BCUT2D eigenvalue weighted by molar-refractivity contribution is -0.133. The molecule has 1 aliphatic carbocycles. The minimum Gasteiger partial charge on any atom is -0.505 e. The van der Waals surface area contributed by atoms with Crippen LogP contribution in [0.15, 0.2) is 30.3 Å². The van der Waals surface area contributed by atoms with Gasteiger partial charge >= 0.3 is 17.9 Å². The molecule has 31 heteroatoms. The van der Waals surface area contributed by atoms with Crippen molar-refractivity contribution >= 4 is 52.8 Å². The predicted molar refractivity (Wildman–Crippen MR) is 329 cm³/mol. The number of unbranched alkanes of at least 4 members (excludes halogenated alkanes) is 2. The van der Waals surface area contributed by atoms with E-state index in [0.717, 1.165) is 77.7 Å². The summed E-state index contributed by atoms with van der Waals surface area (Å²) in [5.74, 6) is -12.9. The SMILES string of the molecule is COC(=O)c1cc2c(c(F)c1C(F)F)OC(C)(C)C(=O)C2.COC(=O)c1ccc(O)c(F)c1C(F)F.COCCCCN1C(=O)C(C)(C)Oc2c1cc(C(=O)N(C(C)C)C1CCCCC1)c(C(F)F)c2F.COCCCCN1C(=O)C(C)(C)Oc2c1cc(C(=O)OC)c(C(F)F)c2F. The van der Waals surface area contributed by atoms with Crippen LogP contribution >= 0.6 is 0 Å². The molecule has 4 aromatic carbocycles. The number of carbonyl (C=O) groups excluding carboxylic acids is 7. The summed E-state index contributed by atoms with van der Waals surface area (Å²) in [6.45, 7) is 13.7. The van der Waals surface area contributed by atoms with E-state index in [0.29, 0.717) is 38.9 Å². The Morgan fingerprint density at radius 2 is 0.908 bits per heavy atom. The monoisotopic (exact) mass is 1410 g/mol. The van der Waals surface area contributed by atoms with Crippen LogP contribution in [0.4, 0.5) is 64.1 Å². The first-order valence-electron chi connectivity index (χ1n) is 30.9. The van der Waals surface area contributed by atoms with E-state index in [4.69, 9.17) is 28.8 Å². The fraction of sp³-hybridized carbons (Fsp3) is 0.537. The summed E-state index contributed by atoms with van der Waals surface area (Å²) in [5.41, 5.74) is -10.7. The number of anilines is 2. The second kappa shape index (κ2) is 33.9. The van der Waals surface area contributed by atoms with E-state index in [1.54, 1.807) is 19.1 Å². The smallest absolute Gasteiger partial charge is 0.338 e. The third-order valence-electron chi connectivity index (χ3n) is 16.2. The molecule has 0 aromatic heterocycles. The Morgan fingerprint density at radius 3 is 1.32 bits per heavy atom. The Kier molecular flexibility index (Phi) is 27.8. The number of phenolic OH excluding ortho intramolecular Hbond substituents is 1. The van der Waals surface area contributed by atoms with Gasteiger partial charge in [-0.25, -0.2) is 67.1 Å². The molecule has 1 N–H and O–H groups in total. The van der Waals surface area contributed by atoms with E-state index in [-0.39, 0.29) is 54.3 Å². The number of nitrogens with zero attached hydrogens (tertiary/aromatic N) is 3. The summed E-state index contributed by atoms with van der Waals surface area (Å²) in [4.78, 5) is 90.1. The van der Waals surface area contributed by atoms with Gasteiger partial charge in [0, 0.05) is 64.6 Å². The minimum absolute atomic E-state index is 0.0179. The quantitative estimate of drug-likeness (QED) is 0.0376. The number of alkyl halides is 8. The van der Waals surface area contributed by atoms with Crippen LogP contribution in [0.2, 0.25) is 0 Å². The highest BCUT2D eigenvalue weighted by Gasteiger charge is 2.47. The number of rotatable bonds is 20. The fourth-order valence-electron chi connectivity index (χ4n) is 11.2. The van der Waals surface area contributed by atoms with E-state index >= 15 is 4.39 Å². The van der Waals surface area contributed by atoms with Crippen molar-refractivity contribution in [1.82, 2.24) is 4.90 Å². The van der Waals surface area contributed by atoms with E-state index < -0.39 is 169 Å². The highest BCUT2D eigenvalue weighted by molar-refractivity contribution is 6.06. The maximum atomic E-state index is 15.7. The topological polar surface area (TPSA) is 223 Å². The number of esters is 3. The normalized spacial score (nSPS) is 15.9. The lowest BCUT2D eigenvalue weighted by Gasteiger charge is -2.40. The predicted octanol–water partition coefficient (Wildman–Crippen LogP) is 14.4. The van der Waals surface area contributed by atoms with Crippen molar-refractivity contribution in [2.75, 3.05) is 71.7 Å². The summed E-state index contributed by atoms with van der Waals surface area (Å²) in [7, 11) is 6.11. The number of amides is 3. The summed E-state index contributed by atoms with van der Waals surface area (Å²) in [6, 6.07) is 4.62. The van der Waals surface area contributed by atoms with Crippen molar-refractivity contribution in [3.63, 3.8) is 0 Å². The fourth-order valence-corrected chi connectivity index (χ4v) is 11.2. The number of methoxy groups -OCH3 is 5. The summed E-state index contributed by atoms with van der Waals surface area (Å²) in [5, 5.41) is 8.87. The van der Waals surface area contributed by atoms with Gasteiger partial charge in [-0.15, -0.1) is 0 Å². The van der Waals surface area contributed by atoms with Crippen molar-refractivity contribution in [3.05, 3.63) is 104 Å². The summed E-state index contributed by atoms with van der Waals surface area (Å²) < 4.78 is 203. The van der Waals surface area contributed by atoms with Crippen molar-refractivity contribution in [3.8, 4) is 23.0 Å². The van der Waals surface area contributed by atoms with Gasteiger partial charge in [0.25, 0.3) is 43.4 Å². The van der Waals surface area contributed by atoms with Gasteiger partial charge in [0.05, 0.1) is 77.2 Å². The molecule has 3 amide bonds. The number of ketones is 1. The molecular weight excluding hydrogens is 1330 g/mol. The highest BCUT2D eigenvalue weighted by Crippen LogP contribution is 2.48. The molecule has 0 bridgehead atoms. The zero-order valence-corrected chi connectivity index (χ0v) is 56.2. The van der Waals surface area contributed by atoms with Crippen LogP contribution in [-0.2, 0) is 44.5 Å². The lowest BCUT2D eigenvalue weighted by atomic mass is 9.90. The molecule has 3 heterocycles. The molecule has 98 heavy (non-hydrogen) atoms. The first kappa shape index (κ1) is 80.3. The first-order chi connectivity index (χ1) is 45.8. The van der Waals surface area contributed by atoms with Crippen LogP contribution in [0.3, 0.4) is 0 Å². The molecule has 0 atom stereocenters. The second-order valence-corrected chi connectivity index (χ2v) is 24.5. The van der Waals surface area contributed by atoms with Crippen LogP contribution in [0, 0.1) is 23.3 Å². The minimum atomic E-state index is -3.26. The van der Waals surface area contributed by atoms with Crippen molar-refractivity contribution < 1.29 is 129 Å². The molecule has 1 saturated carbocycles. The number of Topliss-reactive ketones (excluding diaryl/α,β-unsaturated/α-hetero) is 1. The van der Waals surface area contributed by atoms with E-state index in [2.05, 4.69) is 14.2 Å². The lowest BCUT2D eigenvalue weighted by Crippen LogP contribution is -2.53. The first-order valence-corrected chi connectivity index (χ1v) is 30.9. The average Bonchev–Trinajstić information content (AvgIpc) is 0.750. The maximum Gasteiger partial charge on any atom is 0.338 e. The van der Waals surface area contributed by atoms with Gasteiger partial charge in [0.15, 0.2) is 68.9 Å². The van der Waals surface area contributed by atoms with Gasteiger partial charge in [-0.3, -0.25) is 19.2 Å². The van der Waals surface area contributed by atoms with Crippen molar-refractivity contribution in [2.24, 2.45) is 0 Å². The largest absolute Gasteiger partial charge is 0.505 e. The standard InChI is InChI=1S/C26H37F3N2O4.C18H22F3NO5.C14H13F3O4.C9H7F3O3/c1-16(2)31(17-11-7-6-8-12-17)24(32)18-15-19-22(21(27)20(18)23(28)29)35-26(3,4)25(33)30(19)13-9-10-14-34-5;1-18(2)17(24)22(7-5-6-8-25-3)11-9-10(16(23)26-4)12(15(20)21)13(19)14(11)27-18;1-14(2)8(18)5-6-4-7(13(19)20-3)9(12(16)17)10(15)11(6)21-14;1-15-9(14)4-2-3-5(13)7(10)6(4)8(11)12/h15-17,23H,6-14H2,1-5H3;9,15H,5-8H2,1-4H3;4,12H,5H2,1-3H3;2-3,8,13H,1H3. The summed E-state index contributed by atoms with van der Waals surface area (Å²) in [6.07, 6.45) is -6.19. The van der Waals surface area contributed by atoms with Gasteiger partial charge in [0.1, 0.15) is 0 Å². The number of aromatic hydroxyl groups is 1. The average molecular weight is 1410 g/mol. The molecule has 0 radical (unpaired) electrons. The van der Waals surface area contributed by atoms with E-state index in [1.165, 1.54) is 57.4 Å². The second-order valence-electron chi connectivity index (χ2n) is 24.5. The number of ether oxygens (including phenoxy) is 8. The molecule has 0 spiro atoms. The zero-order valence-electron chi connectivity index (χ0n) is 56.2. The number of fused-ring (bicyclic) bond motifs is 3. The Morgan fingerprint density at radius 1 is 0.531 bits per heavy atom. The van der Waals surface area contributed by atoms with E-state index in [1.807, 2.05) is 13.8 Å². The summed E-state index contributed by atoms with van der Waals surface area (Å²) >= 11 is 0. The van der Waals surface area contributed by atoms with Gasteiger partial charge in [-0.2, -0.15) is 0 Å². The van der Waals surface area contributed by atoms with Gasteiger partial charge in [-0.1, -0.05) is 19.3 Å². The van der Waals surface area contributed by atoms with Crippen molar-refractivity contribution in [2.45, 2.75) is 174 Å². The maximum absolute atomic E-state index is 15.7. The Balaban J connectivity index is 0.000000246. The van der Waals surface area contributed by atoms with Crippen LogP contribution < -0.4 is 24.0 Å². The number of benzene rings is 4. The number of carbonyl (C=O) groups is 7.